The molecular weight excluding hydrogens is 362 g/mol. The molecule has 1 fully saturated rings. The molecule has 0 atom stereocenters. The summed E-state index contributed by atoms with van der Waals surface area (Å²) in [5.74, 6) is 0.812. The Kier molecular flexibility index (Phi) is 4.51. The van der Waals surface area contributed by atoms with E-state index in [1.165, 1.54) is 5.56 Å². The number of aromatic nitrogens is 3. The maximum atomic E-state index is 12.7. The first-order valence-electron chi connectivity index (χ1n) is 8.96. The number of carbonyl (C=O) groups is 1. The molecule has 0 radical (unpaired) electrons. The first kappa shape index (κ1) is 17.8. The third-order valence-corrected chi connectivity index (χ3v) is 6.22. The Hall–Kier alpha value is -2.61. The average Bonchev–Trinajstić information content (AvgIpc) is 3.26. The highest BCUT2D eigenvalue weighted by Gasteiger charge is 2.26. The standard InChI is InChI=1S/C19H23N5O2S/c1-12-5-6-14(26-4)16-17(12)27-19(20-16)24-9-7-23(8-10-24)18(25)15-13(2)11-22(3)21-15/h5-6,11H,7-10H2,1-4H3. The maximum Gasteiger partial charge on any atom is 0.274 e. The minimum atomic E-state index is 0.00886. The first-order chi connectivity index (χ1) is 13.0. The number of ether oxygens (including phenoxy) is 1. The minimum absolute atomic E-state index is 0.00886. The lowest BCUT2D eigenvalue weighted by Gasteiger charge is -2.34. The number of carbonyl (C=O) groups excluding carboxylic acids is 1. The SMILES string of the molecule is COc1ccc(C)c2sc(N3CCN(C(=O)c4nn(C)cc4C)CC3)nc12. The van der Waals surface area contributed by atoms with Gasteiger partial charge in [-0.15, -0.1) is 0 Å². The Morgan fingerprint density at radius 1 is 1.15 bits per heavy atom. The molecule has 7 nitrogen and oxygen atoms in total. The Balaban J connectivity index is 1.51. The van der Waals surface area contributed by atoms with E-state index >= 15 is 0 Å². The minimum Gasteiger partial charge on any atom is -0.494 e. The largest absolute Gasteiger partial charge is 0.494 e. The van der Waals surface area contributed by atoms with Gasteiger partial charge in [0, 0.05) is 45.0 Å². The van der Waals surface area contributed by atoms with Crippen molar-refractivity contribution >= 4 is 32.6 Å². The summed E-state index contributed by atoms with van der Waals surface area (Å²) in [6.45, 7) is 6.88. The molecule has 0 spiro atoms. The topological polar surface area (TPSA) is 63.5 Å². The molecule has 1 aromatic carbocycles. The van der Waals surface area contributed by atoms with Crippen LogP contribution in [-0.4, -0.2) is 58.9 Å². The van der Waals surface area contributed by atoms with Crippen LogP contribution in [0.3, 0.4) is 0 Å². The molecule has 142 valence electrons. The number of anilines is 1. The van der Waals surface area contributed by atoms with Gasteiger partial charge in [-0.1, -0.05) is 17.4 Å². The summed E-state index contributed by atoms with van der Waals surface area (Å²) in [7, 11) is 3.51. The molecule has 8 heteroatoms. The number of piperazine rings is 1. The second kappa shape index (κ2) is 6.84. The van der Waals surface area contributed by atoms with Crippen molar-refractivity contribution in [2.45, 2.75) is 13.8 Å². The van der Waals surface area contributed by atoms with Crippen molar-refractivity contribution < 1.29 is 9.53 Å². The number of hydrogen-bond acceptors (Lipinski definition) is 6. The first-order valence-corrected chi connectivity index (χ1v) is 9.78. The highest BCUT2D eigenvalue weighted by atomic mass is 32.1. The maximum absolute atomic E-state index is 12.7. The van der Waals surface area contributed by atoms with Crippen molar-refractivity contribution in [3.05, 3.63) is 35.2 Å². The van der Waals surface area contributed by atoms with E-state index in [1.54, 1.807) is 23.1 Å². The Bertz CT molecular complexity index is 1000. The molecule has 4 rings (SSSR count). The van der Waals surface area contributed by atoms with Gasteiger partial charge in [-0.2, -0.15) is 5.10 Å². The van der Waals surface area contributed by atoms with E-state index in [2.05, 4.69) is 23.0 Å². The van der Waals surface area contributed by atoms with Crippen LogP contribution in [0.5, 0.6) is 5.75 Å². The summed E-state index contributed by atoms with van der Waals surface area (Å²) in [6.07, 6.45) is 1.88. The molecule has 0 bridgehead atoms. The van der Waals surface area contributed by atoms with E-state index in [1.807, 2.05) is 31.1 Å². The summed E-state index contributed by atoms with van der Waals surface area (Å²) >= 11 is 1.69. The molecule has 0 unspecified atom stereocenters. The van der Waals surface area contributed by atoms with Gasteiger partial charge >= 0.3 is 0 Å². The summed E-state index contributed by atoms with van der Waals surface area (Å²) in [5.41, 5.74) is 3.58. The van der Waals surface area contributed by atoms with Crippen molar-refractivity contribution in [3.63, 3.8) is 0 Å². The van der Waals surface area contributed by atoms with Gasteiger partial charge in [0.15, 0.2) is 10.8 Å². The van der Waals surface area contributed by atoms with Crippen LogP contribution in [0, 0.1) is 13.8 Å². The monoisotopic (exact) mass is 385 g/mol. The predicted molar refractivity (Wildman–Crippen MR) is 107 cm³/mol. The van der Waals surface area contributed by atoms with Gasteiger partial charge in [-0.25, -0.2) is 4.98 Å². The number of rotatable bonds is 3. The van der Waals surface area contributed by atoms with Gasteiger partial charge in [0.25, 0.3) is 5.91 Å². The fourth-order valence-corrected chi connectivity index (χ4v) is 4.57. The summed E-state index contributed by atoms with van der Waals surface area (Å²) in [6, 6.07) is 4.03. The van der Waals surface area contributed by atoms with Crippen molar-refractivity contribution in [1.82, 2.24) is 19.7 Å². The van der Waals surface area contributed by atoms with Gasteiger partial charge in [0.2, 0.25) is 0 Å². The lowest BCUT2D eigenvalue weighted by Crippen LogP contribution is -2.49. The molecule has 0 saturated carbocycles. The quantitative estimate of drug-likeness (QED) is 0.694. The van der Waals surface area contributed by atoms with Crippen LogP contribution in [0.15, 0.2) is 18.3 Å². The fourth-order valence-electron chi connectivity index (χ4n) is 3.47. The molecule has 1 amide bonds. The van der Waals surface area contributed by atoms with Crippen LogP contribution >= 0.6 is 11.3 Å². The average molecular weight is 385 g/mol. The van der Waals surface area contributed by atoms with Crippen molar-refractivity contribution in [1.29, 1.82) is 0 Å². The number of fused-ring (bicyclic) bond motifs is 1. The van der Waals surface area contributed by atoms with Crippen LogP contribution in [0.25, 0.3) is 10.2 Å². The van der Waals surface area contributed by atoms with Crippen LogP contribution in [0.1, 0.15) is 21.6 Å². The van der Waals surface area contributed by atoms with Gasteiger partial charge in [0.05, 0.1) is 11.8 Å². The van der Waals surface area contributed by atoms with Crippen molar-refractivity contribution in [2.24, 2.45) is 7.05 Å². The van der Waals surface area contributed by atoms with Crippen LogP contribution < -0.4 is 9.64 Å². The highest BCUT2D eigenvalue weighted by Crippen LogP contribution is 2.36. The zero-order valence-electron chi connectivity index (χ0n) is 16.0. The number of hydrogen-bond donors (Lipinski definition) is 0. The van der Waals surface area contributed by atoms with E-state index in [9.17, 15) is 4.79 Å². The number of thiazole rings is 1. The van der Waals surface area contributed by atoms with E-state index in [0.717, 1.165) is 39.8 Å². The third kappa shape index (κ3) is 3.14. The number of benzene rings is 1. The Morgan fingerprint density at radius 2 is 1.89 bits per heavy atom. The molecule has 1 aliphatic heterocycles. The van der Waals surface area contributed by atoms with Gasteiger partial charge < -0.3 is 14.5 Å². The molecule has 3 heterocycles. The summed E-state index contributed by atoms with van der Waals surface area (Å²) in [5, 5.41) is 5.29. The smallest absolute Gasteiger partial charge is 0.274 e. The van der Waals surface area contributed by atoms with E-state index in [-0.39, 0.29) is 5.91 Å². The lowest BCUT2D eigenvalue weighted by atomic mass is 10.2. The Labute approximate surface area is 162 Å². The van der Waals surface area contributed by atoms with Crippen molar-refractivity contribution in [3.8, 4) is 5.75 Å². The molecule has 0 aliphatic carbocycles. The van der Waals surface area contributed by atoms with Gasteiger partial charge in [0.1, 0.15) is 11.3 Å². The Morgan fingerprint density at radius 3 is 2.52 bits per heavy atom. The normalized spacial score (nSPS) is 14.8. The van der Waals surface area contributed by atoms with Crippen LogP contribution in [0.2, 0.25) is 0 Å². The highest BCUT2D eigenvalue weighted by molar-refractivity contribution is 7.22. The predicted octanol–water partition coefficient (Wildman–Crippen LogP) is 2.62. The molecule has 2 aromatic heterocycles. The molecular formula is C19H23N5O2S. The van der Waals surface area contributed by atoms with Crippen LogP contribution in [0.4, 0.5) is 5.13 Å². The van der Waals surface area contributed by atoms with Crippen LogP contribution in [-0.2, 0) is 7.05 Å². The van der Waals surface area contributed by atoms with E-state index in [0.29, 0.717) is 18.8 Å². The number of amides is 1. The lowest BCUT2D eigenvalue weighted by molar-refractivity contribution is 0.0739. The second-order valence-corrected chi connectivity index (χ2v) is 7.85. The number of nitrogens with zero attached hydrogens (tertiary/aromatic N) is 5. The third-order valence-electron chi connectivity index (χ3n) is 4.96. The van der Waals surface area contributed by atoms with Crippen molar-refractivity contribution in [2.75, 3.05) is 38.2 Å². The fraction of sp³-hybridized carbons (Fsp3) is 0.421. The zero-order chi connectivity index (χ0) is 19.1. The molecule has 27 heavy (non-hydrogen) atoms. The molecule has 1 saturated heterocycles. The summed E-state index contributed by atoms with van der Waals surface area (Å²) in [4.78, 5) is 21.7. The van der Waals surface area contributed by atoms with Gasteiger partial charge in [-0.3, -0.25) is 9.48 Å². The number of aryl methyl sites for hydroxylation is 3. The second-order valence-electron chi connectivity index (χ2n) is 6.87. The molecule has 0 N–H and O–H groups in total. The van der Waals surface area contributed by atoms with E-state index in [4.69, 9.17) is 9.72 Å². The molecule has 3 aromatic rings. The zero-order valence-corrected chi connectivity index (χ0v) is 16.8. The number of methoxy groups -OCH3 is 1. The van der Waals surface area contributed by atoms with E-state index < -0.39 is 0 Å². The summed E-state index contributed by atoms with van der Waals surface area (Å²) < 4.78 is 8.31. The molecule has 1 aliphatic rings. The van der Waals surface area contributed by atoms with Gasteiger partial charge in [-0.05, 0) is 25.5 Å².